The van der Waals surface area contributed by atoms with Gasteiger partial charge in [-0.05, 0) is 54.4 Å². The van der Waals surface area contributed by atoms with E-state index in [1.165, 1.54) is 5.56 Å². The highest BCUT2D eigenvalue weighted by molar-refractivity contribution is 5.81. The van der Waals surface area contributed by atoms with Crippen molar-refractivity contribution in [2.75, 3.05) is 51.5 Å². The smallest absolute Gasteiger partial charge is 0.242 e. The number of anilines is 1. The number of benzene rings is 2. The van der Waals surface area contributed by atoms with Crippen LogP contribution in [0.3, 0.4) is 0 Å². The molecule has 5 rings (SSSR count). The number of carbonyl (C=O) groups excluding carboxylic acids is 1. The normalized spacial score (nSPS) is 15.2. The van der Waals surface area contributed by atoms with Gasteiger partial charge in [0.05, 0.1) is 6.54 Å². The maximum absolute atomic E-state index is 13.0. The van der Waals surface area contributed by atoms with Crippen LogP contribution in [-0.2, 0) is 11.3 Å². The molecule has 0 unspecified atom stereocenters. The monoisotopic (exact) mass is 474 g/mol. The van der Waals surface area contributed by atoms with E-state index in [-0.39, 0.29) is 12.7 Å². The number of hydrogen-bond acceptors (Lipinski definition) is 7. The summed E-state index contributed by atoms with van der Waals surface area (Å²) in [6.45, 7) is 6.62. The van der Waals surface area contributed by atoms with E-state index in [1.54, 1.807) is 6.20 Å². The lowest BCUT2D eigenvalue weighted by Gasteiger charge is -2.35. The summed E-state index contributed by atoms with van der Waals surface area (Å²) in [5.41, 5.74) is 3.16. The number of likely N-dealkylation sites (N-methyl/N-ethyl adjacent to an activating group) is 1. The maximum Gasteiger partial charge on any atom is 0.242 e. The fourth-order valence-corrected chi connectivity index (χ4v) is 4.35. The molecule has 8 nitrogen and oxygen atoms in total. The van der Waals surface area contributed by atoms with Crippen molar-refractivity contribution in [2.24, 2.45) is 0 Å². The lowest BCUT2D eigenvalue weighted by atomic mass is 10.1. The molecule has 3 aromatic rings. The molecule has 1 fully saturated rings. The first-order valence-electron chi connectivity index (χ1n) is 11.8. The minimum absolute atomic E-state index is 0.140. The predicted molar refractivity (Wildman–Crippen MR) is 133 cm³/mol. The molecule has 0 atom stereocenters. The van der Waals surface area contributed by atoms with E-state index in [9.17, 15) is 4.79 Å². The highest BCUT2D eigenvalue weighted by Gasteiger charge is 2.23. The third-order valence-corrected chi connectivity index (χ3v) is 6.39. The zero-order valence-electron chi connectivity index (χ0n) is 20.1. The molecule has 1 saturated heterocycles. The third kappa shape index (κ3) is 5.49. The van der Waals surface area contributed by atoms with Crippen LogP contribution in [0.25, 0.3) is 0 Å². The number of rotatable bonds is 7. The number of hydrogen-bond donors (Lipinski definition) is 0. The van der Waals surface area contributed by atoms with E-state index in [2.05, 4.69) is 16.0 Å². The van der Waals surface area contributed by atoms with Gasteiger partial charge in [-0.15, -0.1) is 0 Å². The quantitative estimate of drug-likeness (QED) is 0.517. The molecule has 0 saturated carbocycles. The predicted octanol–water partition coefficient (Wildman–Crippen LogP) is 3.69. The molecular formula is C27H30N4O4. The van der Waals surface area contributed by atoms with Gasteiger partial charge in [0.25, 0.3) is 0 Å². The summed E-state index contributed by atoms with van der Waals surface area (Å²) in [5, 5.41) is 0. The molecular weight excluding hydrogens is 444 g/mol. The topological polar surface area (TPSA) is 67.4 Å². The van der Waals surface area contributed by atoms with Gasteiger partial charge in [-0.3, -0.25) is 9.69 Å². The van der Waals surface area contributed by atoms with Crippen molar-refractivity contribution in [1.82, 2.24) is 14.8 Å². The molecule has 0 aliphatic carbocycles. The van der Waals surface area contributed by atoms with Gasteiger partial charge in [0.1, 0.15) is 5.75 Å². The van der Waals surface area contributed by atoms with Crippen molar-refractivity contribution < 1.29 is 19.0 Å². The van der Waals surface area contributed by atoms with Gasteiger partial charge in [-0.1, -0.05) is 12.1 Å². The van der Waals surface area contributed by atoms with Crippen LogP contribution in [0.4, 0.5) is 5.69 Å². The summed E-state index contributed by atoms with van der Waals surface area (Å²) in [4.78, 5) is 23.5. The van der Waals surface area contributed by atoms with Gasteiger partial charge in [0.15, 0.2) is 11.5 Å². The van der Waals surface area contributed by atoms with Crippen LogP contribution in [0.1, 0.15) is 11.1 Å². The highest BCUT2D eigenvalue weighted by Crippen LogP contribution is 2.33. The van der Waals surface area contributed by atoms with Gasteiger partial charge in [0.2, 0.25) is 18.6 Å². The van der Waals surface area contributed by atoms with Gasteiger partial charge in [0, 0.05) is 57.7 Å². The largest absolute Gasteiger partial charge is 0.454 e. The van der Waals surface area contributed by atoms with E-state index in [0.29, 0.717) is 12.4 Å². The highest BCUT2D eigenvalue weighted by atomic mass is 16.7. The Morgan fingerprint density at radius 3 is 2.63 bits per heavy atom. The summed E-state index contributed by atoms with van der Waals surface area (Å²) in [6, 6.07) is 17.6. The molecule has 0 radical (unpaired) electrons. The standard InChI is InChI=1S/C27H30N4O4/c1-20-15-22(7-9-23(20)35-26-5-3-4-10-28-26)29(2)18-27(32)31-13-11-30(12-14-31)17-21-6-8-24-25(16-21)34-19-33-24/h3-10,15-16H,11-14,17-19H2,1-2H3. The van der Waals surface area contributed by atoms with Crippen LogP contribution in [-0.4, -0.2) is 67.3 Å². The number of amides is 1. The number of pyridine rings is 1. The number of carbonyl (C=O) groups is 1. The second-order valence-electron chi connectivity index (χ2n) is 8.92. The number of aryl methyl sites for hydroxylation is 1. The van der Waals surface area contributed by atoms with Gasteiger partial charge < -0.3 is 24.0 Å². The van der Waals surface area contributed by atoms with Gasteiger partial charge in [-0.25, -0.2) is 4.98 Å². The molecule has 8 heteroatoms. The van der Waals surface area contributed by atoms with E-state index in [1.807, 2.05) is 72.3 Å². The van der Waals surface area contributed by atoms with Gasteiger partial charge >= 0.3 is 0 Å². The Balaban J connectivity index is 1.11. The van der Waals surface area contributed by atoms with E-state index < -0.39 is 0 Å². The Kier molecular flexibility index (Phi) is 6.72. The zero-order chi connectivity index (χ0) is 24.2. The summed E-state index contributed by atoms with van der Waals surface area (Å²) >= 11 is 0. The minimum Gasteiger partial charge on any atom is -0.454 e. The molecule has 2 aliphatic rings. The second-order valence-corrected chi connectivity index (χ2v) is 8.92. The number of piperazine rings is 1. The summed E-state index contributed by atoms with van der Waals surface area (Å²) in [6.07, 6.45) is 1.70. The Hall–Kier alpha value is -3.78. The number of aromatic nitrogens is 1. The molecule has 3 heterocycles. The van der Waals surface area contributed by atoms with Crippen molar-refractivity contribution in [1.29, 1.82) is 0 Å². The first-order chi connectivity index (χ1) is 17.0. The molecule has 2 aromatic carbocycles. The third-order valence-electron chi connectivity index (χ3n) is 6.39. The van der Waals surface area contributed by atoms with Crippen LogP contribution in [0, 0.1) is 6.92 Å². The van der Waals surface area contributed by atoms with Crippen molar-refractivity contribution in [3.63, 3.8) is 0 Å². The fourth-order valence-electron chi connectivity index (χ4n) is 4.35. The Morgan fingerprint density at radius 1 is 1.03 bits per heavy atom. The Morgan fingerprint density at radius 2 is 1.86 bits per heavy atom. The van der Waals surface area contributed by atoms with Crippen LogP contribution in [0.2, 0.25) is 0 Å². The number of nitrogens with zero attached hydrogens (tertiary/aromatic N) is 4. The molecule has 35 heavy (non-hydrogen) atoms. The molecule has 0 bridgehead atoms. The van der Waals surface area contributed by atoms with Crippen LogP contribution in [0.5, 0.6) is 23.1 Å². The second kappa shape index (κ2) is 10.2. The van der Waals surface area contributed by atoms with E-state index in [0.717, 1.165) is 61.2 Å². The van der Waals surface area contributed by atoms with Crippen LogP contribution >= 0.6 is 0 Å². The molecule has 182 valence electrons. The zero-order valence-corrected chi connectivity index (χ0v) is 20.1. The lowest BCUT2D eigenvalue weighted by Crippen LogP contribution is -2.50. The minimum atomic E-state index is 0.140. The first kappa shape index (κ1) is 23.0. The van der Waals surface area contributed by atoms with Crippen LogP contribution < -0.4 is 19.1 Å². The molecule has 1 amide bonds. The molecule has 0 spiro atoms. The summed E-state index contributed by atoms with van der Waals surface area (Å²) in [5.74, 6) is 3.07. The molecule has 1 aromatic heterocycles. The number of fused-ring (bicyclic) bond motifs is 1. The fraction of sp³-hybridized carbons (Fsp3) is 0.333. The Labute approximate surface area is 205 Å². The van der Waals surface area contributed by atoms with Crippen molar-refractivity contribution in [3.05, 3.63) is 71.9 Å². The SMILES string of the molecule is Cc1cc(N(C)CC(=O)N2CCN(Cc3ccc4c(c3)OCO4)CC2)ccc1Oc1ccccn1. The average molecular weight is 475 g/mol. The van der Waals surface area contributed by atoms with Crippen molar-refractivity contribution in [2.45, 2.75) is 13.5 Å². The average Bonchev–Trinajstić information content (AvgIpc) is 3.34. The van der Waals surface area contributed by atoms with Crippen molar-refractivity contribution >= 4 is 11.6 Å². The molecule has 2 aliphatic heterocycles. The Bertz CT molecular complexity index is 1180. The van der Waals surface area contributed by atoms with Gasteiger partial charge in [-0.2, -0.15) is 0 Å². The van der Waals surface area contributed by atoms with E-state index >= 15 is 0 Å². The van der Waals surface area contributed by atoms with Crippen molar-refractivity contribution in [3.8, 4) is 23.1 Å². The summed E-state index contributed by atoms with van der Waals surface area (Å²) < 4.78 is 16.7. The van der Waals surface area contributed by atoms with E-state index in [4.69, 9.17) is 14.2 Å². The molecule has 0 N–H and O–H groups in total. The maximum atomic E-state index is 13.0. The summed E-state index contributed by atoms with van der Waals surface area (Å²) in [7, 11) is 1.95. The first-order valence-corrected chi connectivity index (χ1v) is 11.8. The lowest BCUT2D eigenvalue weighted by molar-refractivity contribution is -0.131. The number of ether oxygens (including phenoxy) is 3. The van der Waals surface area contributed by atoms with Crippen LogP contribution in [0.15, 0.2) is 60.8 Å².